The largest absolute Gasteiger partial charge is 0.406 e. The van der Waals surface area contributed by atoms with Crippen LogP contribution in [-0.2, 0) is 12.3 Å². The van der Waals surface area contributed by atoms with E-state index in [1.54, 1.807) is 48.5 Å². The number of benzene rings is 2. The van der Waals surface area contributed by atoms with Crippen molar-refractivity contribution in [2.75, 3.05) is 0 Å². The maximum atomic E-state index is 13.1. The predicted octanol–water partition coefficient (Wildman–Crippen LogP) is 5.28. The lowest BCUT2D eigenvalue weighted by Crippen LogP contribution is -2.19. The van der Waals surface area contributed by atoms with E-state index in [0.29, 0.717) is 22.6 Å². The van der Waals surface area contributed by atoms with Crippen LogP contribution in [0.5, 0.6) is 0 Å². The van der Waals surface area contributed by atoms with Crippen molar-refractivity contribution in [1.82, 2.24) is 9.55 Å². The molecule has 0 unspecified atom stereocenters. The highest BCUT2D eigenvalue weighted by Crippen LogP contribution is 2.31. The van der Waals surface area contributed by atoms with Crippen molar-refractivity contribution in [3.63, 3.8) is 0 Å². The molecule has 0 spiro atoms. The summed E-state index contributed by atoms with van der Waals surface area (Å²) in [6, 6.07) is 18.0. The molecule has 0 fully saturated rings. The molecular formula is C19H14F3N3S. The number of hydrogen-bond acceptors (Lipinski definition) is 3. The summed E-state index contributed by atoms with van der Waals surface area (Å²) in [4.78, 5) is 4.19. The van der Waals surface area contributed by atoms with Gasteiger partial charge in [-0.25, -0.2) is 4.98 Å². The molecule has 26 heavy (non-hydrogen) atoms. The van der Waals surface area contributed by atoms with Gasteiger partial charge in [-0.1, -0.05) is 60.3 Å². The van der Waals surface area contributed by atoms with Crippen LogP contribution in [0.3, 0.4) is 0 Å². The van der Waals surface area contributed by atoms with Gasteiger partial charge in [-0.2, -0.15) is 18.4 Å². The van der Waals surface area contributed by atoms with Crippen LogP contribution >= 0.6 is 11.8 Å². The van der Waals surface area contributed by atoms with Gasteiger partial charge in [0.05, 0.1) is 23.5 Å². The van der Waals surface area contributed by atoms with Gasteiger partial charge in [0.15, 0.2) is 5.16 Å². The van der Waals surface area contributed by atoms with Gasteiger partial charge < -0.3 is 4.57 Å². The third-order valence-electron chi connectivity index (χ3n) is 3.72. The zero-order valence-electron chi connectivity index (χ0n) is 13.6. The molecule has 7 heteroatoms. The number of nitrogens with zero attached hydrogens (tertiary/aromatic N) is 3. The lowest BCUT2D eigenvalue weighted by atomic mass is 10.1. The highest BCUT2D eigenvalue weighted by Gasteiger charge is 2.30. The van der Waals surface area contributed by atoms with E-state index in [1.165, 1.54) is 22.5 Å². The van der Waals surface area contributed by atoms with Crippen LogP contribution in [0.4, 0.5) is 13.2 Å². The SMILES string of the molecule is N#Cc1ccccc1CSc1ncc(-c2ccccc2)n1CC(F)(F)F. The summed E-state index contributed by atoms with van der Waals surface area (Å²) in [5.41, 5.74) is 2.37. The van der Waals surface area contributed by atoms with Crippen molar-refractivity contribution in [2.24, 2.45) is 0 Å². The average Bonchev–Trinajstić information content (AvgIpc) is 3.01. The molecule has 132 valence electrons. The van der Waals surface area contributed by atoms with E-state index in [-0.39, 0.29) is 5.16 Å². The van der Waals surface area contributed by atoms with Crippen molar-refractivity contribution >= 4 is 11.8 Å². The zero-order chi connectivity index (χ0) is 18.6. The second-order valence-corrected chi connectivity index (χ2v) is 6.49. The molecule has 1 aromatic heterocycles. The van der Waals surface area contributed by atoms with E-state index in [0.717, 1.165) is 5.56 Å². The smallest absolute Gasteiger partial charge is 0.310 e. The molecule has 0 aliphatic rings. The fourth-order valence-corrected chi connectivity index (χ4v) is 3.53. The lowest BCUT2D eigenvalue weighted by Gasteiger charge is -2.14. The molecule has 3 rings (SSSR count). The van der Waals surface area contributed by atoms with Crippen LogP contribution in [0.1, 0.15) is 11.1 Å². The Bertz CT molecular complexity index is 927. The standard InChI is InChI=1S/C19H14F3N3S/c20-19(21,22)13-25-17(14-6-2-1-3-7-14)11-24-18(25)26-12-16-9-5-4-8-15(16)10-23/h1-9,11H,12-13H2. The van der Waals surface area contributed by atoms with Crippen LogP contribution in [0.15, 0.2) is 66.0 Å². The van der Waals surface area contributed by atoms with E-state index in [1.807, 2.05) is 6.07 Å². The first-order chi connectivity index (χ1) is 12.5. The molecule has 3 nitrogen and oxygen atoms in total. The summed E-state index contributed by atoms with van der Waals surface area (Å²) >= 11 is 1.19. The molecule has 0 atom stereocenters. The number of hydrogen-bond donors (Lipinski definition) is 0. The second-order valence-electron chi connectivity index (χ2n) is 5.55. The Morgan fingerprint density at radius 2 is 1.73 bits per heavy atom. The van der Waals surface area contributed by atoms with Crippen LogP contribution in [-0.4, -0.2) is 15.7 Å². The van der Waals surface area contributed by atoms with E-state index in [9.17, 15) is 13.2 Å². The summed E-state index contributed by atoms with van der Waals surface area (Å²) in [6.45, 7) is -1.11. The maximum absolute atomic E-state index is 13.1. The maximum Gasteiger partial charge on any atom is 0.406 e. The molecule has 0 saturated carbocycles. The van der Waals surface area contributed by atoms with Gasteiger partial charge in [0.25, 0.3) is 0 Å². The minimum absolute atomic E-state index is 0.272. The first-order valence-corrected chi connectivity index (χ1v) is 8.75. The van der Waals surface area contributed by atoms with Gasteiger partial charge in [0.2, 0.25) is 0 Å². The Kier molecular flexibility index (Phi) is 5.33. The third-order valence-corrected chi connectivity index (χ3v) is 4.76. The predicted molar refractivity (Wildman–Crippen MR) is 94.4 cm³/mol. The van der Waals surface area contributed by atoms with Crippen molar-refractivity contribution in [3.05, 3.63) is 71.9 Å². The normalized spacial score (nSPS) is 11.3. The number of alkyl halides is 3. The van der Waals surface area contributed by atoms with Crippen molar-refractivity contribution in [2.45, 2.75) is 23.6 Å². The number of aromatic nitrogens is 2. The molecule has 0 aliphatic carbocycles. The molecular weight excluding hydrogens is 359 g/mol. The number of rotatable bonds is 5. The Hall–Kier alpha value is -2.72. The van der Waals surface area contributed by atoms with E-state index >= 15 is 0 Å². The Morgan fingerprint density at radius 1 is 1.04 bits per heavy atom. The van der Waals surface area contributed by atoms with Crippen molar-refractivity contribution in [1.29, 1.82) is 5.26 Å². The third kappa shape index (κ3) is 4.27. The van der Waals surface area contributed by atoms with Gasteiger partial charge in [0.1, 0.15) is 6.54 Å². The summed E-state index contributed by atoms with van der Waals surface area (Å²) in [7, 11) is 0. The fourth-order valence-electron chi connectivity index (χ4n) is 2.54. The summed E-state index contributed by atoms with van der Waals surface area (Å²) in [5.74, 6) is 0.368. The Morgan fingerprint density at radius 3 is 2.42 bits per heavy atom. The quantitative estimate of drug-likeness (QED) is 0.572. The lowest BCUT2D eigenvalue weighted by molar-refractivity contribution is -0.141. The van der Waals surface area contributed by atoms with Gasteiger partial charge in [-0.05, 0) is 17.2 Å². The second kappa shape index (κ2) is 7.67. The highest BCUT2D eigenvalue weighted by molar-refractivity contribution is 7.98. The molecule has 0 N–H and O–H groups in total. The molecule has 0 amide bonds. The van der Waals surface area contributed by atoms with Crippen molar-refractivity contribution in [3.8, 4) is 17.3 Å². The summed E-state index contributed by atoms with van der Waals surface area (Å²) in [6.07, 6.45) is -2.90. The van der Waals surface area contributed by atoms with Crippen LogP contribution in [0.2, 0.25) is 0 Å². The topological polar surface area (TPSA) is 41.6 Å². The Labute approximate surface area is 153 Å². The summed E-state index contributed by atoms with van der Waals surface area (Å²) in [5, 5.41) is 9.42. The monoisotopic (exact) mass is 373 g/mol. The van der Waals surface area contributed by atoms with Gasteiger partial charge in [-0.15, -0.1) is 0 Å². The molecule has 3 aromatic rings. The molecule has 0 aliphatic heterocycles. The van der Waals surface area contributed by atoms with Crippen LogP contribution in [0.25, 0.3) is 11.3 Å². The number of nitriles is 1. The first-order valence-electron chi connectivity index (χ1n) is 7.76. The summed E-state index contributed by atoms with van der Waals surface area (Å²) < 4.78 is 40.4. The first kappa shape index (κ1) is 18.1. The van der Waals surface area contributed by atoms with E-state index in [2.05, 4.69) is 11.1 Å². The average molecular weight is 373 g/mol. The highest BCUT2D eigenvalue weighted by atomic mass is 32.2. The van der Waals surface area contributed by atoms with Crippen LogP contribution in [0, 0.1) is 11.3 Å². The molecule has 0 saturated heterocycles. The molecule has 0 bridgehead atoms. The minimum Gasteiger partial charge on any atom is -0.310 e. The van der Waals surface area contributed by atoms with Gasteiger partial charge in [0, 0.05) is 5.75 Å². The zero-order valence-corrected chi connectivity index (χ0v) is 14.4. The Balaban J connectivity index is 1.92. The van der Waals surface area contributed by atoms with Gasteiger partial charge in [-0.3, -0.25) is 0 Å². The number of imidazole rings is 1. The van der Waals surface area contributed by atoms with Crippen LogP contribution < -0.4 is 0 Å². The fraction of sp³-hybridized carbons (Fsp3) is 0.158. The molecule has 0 radical (unpaired) electrons. The van der Waals surface area contributed by atoms with E-state index in [4.69, 9.17) is 5.26 Å². The molecule has 2 aromatic carbocycles. The minimum atomic E-state index is -4.36. The van der Waals surface area contributed by atoms with E-state index < -0.39 is 12.7 Å². The number of thioether (sulfide) groups is 1. The molecule has 1 heterocycles. The number of halogens is 3. The van der Waals surface area contributed by atoms with Gasteiger partial charge >= 0.3 is 6.18 Å². The van der Waals surface area contributed by atoms with Crippen molar-refractivity contribution < 1.29 is 13.2 Å².